The number of hydrogen-bond donors (Lipinski definition) is 2. The van der Waals surface area contributed by atoms with Crippen LogP contribution in [-0.2, 0) is 0 Å². The molecular weight excluding hydrogens is 338 g/mol. The summed E-state index contributed by atoms with van der Waals surface area (Å²) in [5, 5.41) is 10.5. The van der Waals surface area contributed by atoms with Crippen LogP contribution < -0.4 is 5.56 Å². The number of halogens is 2. The highest BCUT2D eigenvalue weighted by Gasteiger charge is 2.18. The lowest BCUT2D eigenvalue weighted by atomic mass is 9.91. The molecule has 1 heterocycles. The molecule has 0 unspecified atom stereocenters. The van der Waals surface area contributed by atoms with Crippen LogP contribution in [0.3, 0.4) is 0 Å². The average Bonchev–Trinajstić information content (AvgIpc) is 2.64. The Morgan fingerprint density at radius 3 is 2.08 bits per heavy atom. The zero-order valence-corrected chi connectivity index (χ0v) is 13.3. The Balaban J connectivity index is 2.15. The summed E-state index contributed by atoms with van der Waals surface area (Å²) in [7, 11) is 0. The fourth-order valence-corrected chi connectivity index (χ4v) is 3.01. The molecule has 1 aromatic heterocycles. The molecule has 128 valence electrons. The van der Waals surface area contributed by atoms with Crippen LogP contribution >= 0.6 is 0 Å². The number of benzene rings is 3. The molecule has 0 saturated heterocycles. The van der Waals surface area contributed by atoms with Crippen LogP contribution in [0.4, 0.5) is 8.78 Å². The number of nitrogens with one attached hydrogen (secondary N) is 1. The second kappa shape index (κ2) is 6.07. The van der Waals surface area contributed by atoms with Crippen LogP contribution in [0.1, 0.15) is 0 Å². The van der Waals surface area contributed by atoms with Gasteiger partial charge in [0, 0.05) is 5.56 Å². The molecule has 0 aliphatic heterocycles. The zero-order valence-electron chi connectivity index (χ0n) is 13.3. The van der Waals surface area contributed by atoms with Crippen LogP contribution in [0.2, 0.25) is 0 Å². The first-order chi connectivity index (χ1) is 12.5. The maximum atomic E-state index is 13.4. The average molecular weight is 350 g/mol. The van der Waals surface area contributed by atoms with Crippen molar-refractivity contribution in [2.45, 2.75) is 0 Å². The quantitative estimate of drug-likeness (QED) is 0.568. The Hall–Kier alpha value is -3.54. The van der Waals surface area contributed by atoms with E-state index in [0.717, 1.165) is 0 Å². The minimum absolute atomic E-state index is 0.138. The predicted molar refractivity (Wildman–Crippen MR) is 94.8 cm³/mol. The topological polar surface area (TPSA) is 66.0 Å². The van der Waals surface area contributed by atoms with E-state index in [-0.39, 0.29) is 16.7 Å². The van der Waals surface area contributed by atoms with Crippen LogP contribution in [0.15, 0.2) is 65.7 Å². The minimum Gasteiger partial charge on any atom is -0.506 e. The fourth-order valence-electron chi connectivity index (χ4n) is 3.01. The van der Waals surface area contributed by atoms with Crippen LogP contribution in [0.5, 0.6) is 5.75 Å². The van der Waals surface area contributed by atoms with Crippen molar-refractivity contribution < 1.29 is 13.9 Å². The van der Waals surface area contributed by atoms with Gasteiger partial charge in [0.05, 0.1) is 11.7 Å². The lowest BCUT2D eigenvalue weighted by molar-refractivity contribution is 0.480. The molecule has 0 spiro atoms. The zero-order chi connectivity index (χ0) is 18.3. The number of aromatic amines is 1. The van der Waals surface area contributed by atoms with Gasteiger partial charge in [0.1, 0.15) is 22.9 Å². The third-order valence-electron chi connectivity index (χ3n) is 4.18. The monoisotopic (exact) mass is 350 g/mol. The molecule has 6 heteroatoms. The van der Waals surface area contributed by atoms with Crippen molar-refractivity contribution in [1.29, 1.82) is 0 Å². The van der Waals surface area contributed by atoms with Gasteiger partial charge >= 0.3 is 0 Å². The Morgan fingerprint density at radius 1 is 0.885 bits per heavy atom. The standard InChI is InChI=1S/C20H12F2N2O2/c21-13-5-1-11(2-6-13)15-9-16(25)19-18(20(26)24-10-23-19)17(15)12-3-7-14(22)8-4-12/h1-10,25H,(H,23,24,26). The van der Waals surface area contributed by atoms with E-state index in [9.17, 15) is 18.7 Å². The third-order valence-corrected chi connectivity index (χ3v) is 4.18. The molecule has 0 bridgehead atoms. The van der Waals surface area contributed by atoms with Crippen molar-refractivity contribution in [2.24, 2.45) is 0 Å². The Labute approximate surface area is 146 Å². The first-order valence-corrected chi connectivity index (χ1v) is 7.80. The van der Waals surface area contributed by atoms with E-state index in [1.54, 1.807) is 24.3 Å². The first-order valence-electron chi connectivity index (χ1n) is 7.80. The number of fused-ring (bicyclic) bond motifs is 1. The fraction of sp³-hybridized carbons (Fsp3) is 0. The maximum Gasteiger partial charge on any atom is 0.259 e. The van der Waals surface area contributed by atoms with E-state index in [1.165, 1.54) is 36.7 Å². The summed E-state index contributed by atoms with van der Waals surface area (Å²) in [6, 6.07) is 12.8. The molecule has 0 aliphatic rings. The van der Waals surface area contributed by atoms with Crippen molar-refractivity contribution in [2.75, 3.05) is 0 Å². The number of rotatable bonds is 2. The summed E-state index contributed by atoms with van der Waals surface area (Å²) in [6.45, 7) is 0. The Bertz CT molecular complexity index is 1170. The second-order valence-electron chi connectivity index (χ2n) is 5.79. The molecule has 4 aromatic rings. The summed E-state index contributed by atoms with van der Waals surface area (Å²) in [6.07, 6.45) is 1.20. The van der Waals surface area contributed by atoms with E-state index in [0.29, 0.717) is 22.3 Å². The largest absolute Gasteiger partial charge is 0.506 e. The molecular formula is C20H12F2N2O2. The normalized spacial score (nSPS) is 11.0. The molecule has 4 nitrogen and oxygen atoms in total. The van der Waals surface area contributed by atoms with Gasteiger partial charge in [-0.15, -0.1) is 0 Å². The highest BCUT2D eigenvalue weighted by Crippen LogP contribution is 2.40. The molecule has 26 heavy (non-hydrogen) atoms. The maximum absolute atomic E-state index is 13.4. The van der Waals surface area contributed by atoms with Crippen molar-refractivity contribution in [3.8, 4) is 28.0 Å². The number of phenolic OH excluding ortho intramolecular Hbond substituents is 1. The van der Waals surface area contributed by atoms with Crippen molar-refractivity contribution in [3.63, 3.8) is 0 Å². The van der Waals surface area contributed by atoms with E-state index in [1.807, 2.05) is 0 Å². The minimum atomic E-state index is -0.436. The Morgan fingerprint density at radius 2 is 1.46 bits per heavy atom. The summed E-state index contributed by atoms with van der Waals surface area (Å²) in [4.78, 5) is 19.0. The second-order valence-corrected chi connectivity index (χ2v) is 5.79. The van der Waals surface area contributed by atoms with Gasteiger partial charge < -0.3 is 10.1 Å². The van der Waals surface area contributed by atoms with Crippen LogP contribution in [0.25, 0.3) is 33.2 Å². The van der Waals surface area contributed by atoms with Crippen molar-refractivity contribution in [3.05, 3.63) is 82.9 Å². The molecule has 0 aliphatic carbocycles. The Kier molecular flexibility index (Phi) is 3.73. The smallest absolute Gasteiger partial charge is 0.259 e. The number of H-pyrrole nitrogens is 1. The molecule has 3 aromatic carbocycles. The summed E-state index contributed by atoms with van der Waals surface area (Å²) in [5.41, 5.74) is 1.88. The molecule has 2 N–H and O–H groups in total. The molecule has 0 amide bonds. The summed E-state index contributed by atoms with van der Waals surface area (Å²) in [5.74, 6) is -0.981. The van der Waals surface area contributed by atoms with Gasteiger partial charge in [-0.05, 0) is 47.0 Å². The van der Waals surface area contributed by atoms with Gasteiger partial charge in [-0.2, -0.15) is 0 Å². The van der Waals surface area contributed by atoms with Gasteiger partial charge in [0.15, 0.2) is 0 Å². The molecule has 0 saturated carbocycles. The molecule has 0 atom stereocenters. The van der Waals surface area contributed by atoms with Crippen LogP contribution in [0, 0.1) is 11.6 Å². The third kappa shape index (κ3) is 2.61. The number of nitrogens with zero attached hydrogens (tertiary/aromatic N) is 1. The van der Waals surface area contributed by atoms with Crippen molar-refractivity contribution >= 4 is 10.9 Å². The highest BCUT2D eigenvalue weighted by molar-refractivity contribution is 6.04. The molecule has 0 radical (unpaired) electrons. The van der Waals surface area contributed by atoms with Gasteiger partial charge in [-0.25, -0.2) is 13.8 Å². The van der Waals surface area contributed by atoms with Gasteiger partial charge in [0.2, 0.25) is 0 Å². The van der Waals surface area contributed by atoms with E-state index >= 15 is 0 Å². The van der Waals surface area contributed by atoms with E-state index < -0.39 is 17.2 Å². The number of aromatic nitrogens is 2. The van der Waals surface area contributed by atoms with E-state index in [2.05, 4.69) is 9.97 Å². The van der Waals surface area contributed by atoms with Crippen molar-refractivity contribution in [1.82, 2.24) is 9.97 Å². The summed E-state index contributed by atoms with van der Waals surface area (Å²) >= 11 is 0. The number of hydrogen-bond acceptors (Lipinski definition) is 3. The predicted octanol–water partition coefficient (Wildman–Crippen LogP) is 4.24. The van der Waals surface area contributed by atoms with Gasteiger partial charge in [0.25, 0.3) is 5.56 Å². The van der Waals surface area contributed by atoms with Crippen LogP contribution in [-0.4, -0.2) is 15.1 Å². The van der Waals surface area contributed by atoms with Gasteiger partial charge in [-0.3, -0.25) is 4.79 Å². The lowest BCUT2D eigenvalue weighted by Crippen LogP contribution is -2.08. The van der Waals surface area contributed by atoms with E-state index in [4.69, 9.17) is 0 Å². The first kappa shape index (κ1) is 16.0. The lowest BCUT2D eigenvalue weighted by Gasteiger charge is -2.14. The number of phenols is 1. The summed E-state index contributed by atoms with van der Waals surface area (Å²) < 4.78 is 26.7. The molecule has 4 rings (SSSR count). The number of aromatic hydroxyl groups is 1. The molecule has 0 fully saturated rings. The highest BCUT2D eigenvalue weighted by atomic mass is 19.1. The van der Waals surface area contributed by atoms with Gasteiger partial charge in [-0.1, -0.05) is 24.3 Å². The SMILES string of the molecule is O=c1[nH]cnc2c(O)cc(-c3ccc(F)cc3)c(-c3ccc(F)cc3)c12.